The van der Waals surface area contributed by atoms with Crippen molar-refractivity contribution in [2.24, 2.45) is 5.92 Å². The highest BCUT2D eigenvalue weighted by atomic mass is 16.2. The van der Waals surface area contributed by atoms with E-state index in [1.807, 2.05) is 51.2 Å². The average Bonchev–Trinajstić information content (AvgIpc) is 2.92. The molecule has 28 heavy (non-hydrogen) atoms. The molecule has 2 amide bonds. The third-order valence-corrected chi connectivity index (χ3v) is 4.78. The Labute approximate surface area is 166 Å². The van der Waals surface area contributed by atoms with Crippen molar-refractivity contribution in [1.82, 2.24) is 25.1 Å². The maximum Gasteiger partial charge on any atom is 0.272 e. The summed E-state index contributed by atoms with van der Waals surface area (Å²) < 4.78 is 2.15. The van der Waals surface area contributed by atoms with Crippen molar-refractivity contribution in [1.29, 1.82) is 0 Å². The number of amides is 2. The molecule has 2 aromatic rings. The molecule has 150 valence electrons. The molecule has 0 radical (unpaired) electrons. The summed E-state index contributed by atoms with van der Waals surface area (Å²) in [5, 5.41) is 5.54. The molecule has 1 aromatic heterocycles. The smallest absolute Gasteiger partial charge is 0.272 e. The molecular formula is C21H29N5O2. The van der Waals surface area contributed by atoms with Gasteiger partial charge in [-0.2, -0.15) is 0 Å². The van der Waals surface area contributed by atoms with E-state index in [-0.39, 0.29) is 18.4 Å². The van der Waals surface area contributed by atoms with Crippen molar-refractivity contribution in [3.05, 3.63) is 41.7 Å². The highest BCUT2D eigenvalue weighted by Gasteiger charge is 2.25. The Morgan fingerprint density at radius 1 is 1.14 bits per heavy atom. The van der Waals surface area contributed by atoms with E-state index >= 15 is 0 Å². The zero-order valence-electron chi connectivity index (χ0n) is 16.9. The van der Waals surface area contributed by atoms with Crippen LogP contribution in [0.3, 0.4) is 0 Å². The summed E-state index contributed by atoms with van der Waals surface area (Å²) in [6.07, 6.45) is 0.998. The van der Waals surface area contributed by atoms with Crippen LogP contribution < -0.4 is 10.6 Å². The van der Waals surface area contributed by atoms with Gasteiger partial charge in [0.05, 0.1) is 12.2 Å². The van der Waals surface area contributed by atoms with Crippen LogP contribution in [-0.2, 0) is 17.9 Å². The van der Waals surface area contributed by atoms with Crippen molar-refractivity contribution < 1.29 is 9.59 Å². The van der Waals surface area contributed by atoms with E-state index < -0.39 is 0 Å². The van der Waals surface area contributed by atoms with Crippen LogP contribution in [0.4, 0.5) is 0 Å². The Morgan fingerprint density at radius 2 is 1.89 bits per heavy atom. The Kier molecular flexibility index (Phi) is 6.46. The molecule has 2 heterocycles. The zero-order valence-corrected chi connectivity index (χ0v) is 16.9. The van der Waals surface area contributed by atoms with Gasteiger partial charge in [0.25, 0.3) is 5.91 Å². The Hall–Kier alpha value is -2.67. The second-order valence-corrected chi connectivity index (χ2v) is 7.72. The first-order valence-electron chi connectivity index (χ1n) is 9.84. The number of benzene rings is 1. The Morgan fingerprint density at radius 3 is 2.61 bits per heavy atom. The molecule has 2 N–H and O–H groups in total. The van der Waals surface area contributed by atoms with E-state index in [2.05, 4.69) is 25.1 Å². The van der Waals surface area contributed by atoms with E-state index in [1.54, 1.807) is 0 Å². The Balaban J connectivity index is 1.83. The minimum Gasteiger partial charge on any atom is -0.354 e. The minimum absolute atomic E-state index is 0.0473. The summed E-state index contributed by atoms with van der Waals surface area (Å²) in [5.74, 6) is 0.682. The second-order valence-electron chi connectivity index (χ2n) is 7.72. The molecule has 0 unspecified atom stereocenters. The van der Waals surface area contributed by atoms with Gasteiger partial charge in [0.2, 0.25) is 5.91 Å². The molecule has 1 aliphatic rings. The number of carbonyl (C=O) groups is 2. The molecule has 3 rings (SSSR count). The summed E-state index contributed by atoms with van der Waals surface area (Å²) in [6, 6.07) is 9.92. The second kappa shape index (κ2) is 9.01. The quantitative estimate of drug-likeness (QED) is 0.798. The molecule has 0 bridgehead atoms. The van der Waals surface area contributed by atoms with Crippen LogP contribution in [0, 0.1) is 5.92 Å². The number of nitrogens with one attached hydrogen (secondary N) is 2. The minimum atomic E-state index is -0.305. The standard InChI is InChI=1S/C21H29N5O2/c1-15(2)12-22-18(27)13-23-21(28)19-17-14-25(3)10-7-11-26(17)20(24-19)16-8-5-4-6-9-16/h4-6,8-9,15H,7,10-14H2,1-3H3,(H,22,27)(H,23,28). The molecular weight excluding hydrogens is 354 g/mol. The summed E-state index contributed by atoms with van der Waals surface area (Å²) in [6.45, 7) is 7.04. The molecule has 1 aromatic carbocycles. The van der Waals surface area contributed by atoms with Crippen molar-refractivity contribution in [2.75, 3.05) is 26.7 Å². The van der Waals surface area contributed by atoms with Crippen LogP contribution >= 0.6 is 0 Å². The maximum atomic E-state index is 12.8. The van der Waals surface area contributed by atoms with Gasteiger partial charge in [-0.25, -0.2) is 4.98 Å². The number of imidazole rings is 1. The van der Waals surface area contributed by atoms with E-state index in [1.165, 1.54) is 0 Å². The Bertz CT molecular complexity index is 829. The number of carbonyl (C=O) groups excluding carboxylic acids is 2. The average molecular weight is 383 g/mol. The molecule has 0 aliphatic carbocycles. The monoisotopic (exact) mass is 383 g/mol. The number of hydrogen-bond acceptors (Lipinski definition) is 4. The van der Waals surface area contributed by atoms with Gasteiger partial charge in [-0.15, -0.1) is 0 Å². The van der Waals surface area contributed by atoms with E-state index in [0.29, 0.717) is 24.7 Å². The number of rotatable bonds is 6. The first-order valence-corrected chi connectivity index (χ1v) is 9.84. The van der Waals surface area contributed by atoms with E-state index in [4.69, 9.17) is 0 Å². The van der Waals surface area contributed by atoms with Crippen LogP contribution in [0.1, 0.15) is 36.5 Å². The topological polar surface area (TPSA) is 79.3 Å². The summed E-state index contributed by atoms with van der Waals surface area (Å²) in [7, 11) is 2.05. The first-order chi connectivity index (χ1) is 13.5. The van der Waals surface area contributed by atoms with Crippen molar-refractivity contribution in [3.8, 4) is 11.4 Å². The molecule has 0 spiro atoms. The number of hydrogen-bond donors (Lipinski definition) is 2. The number of aromatic nitrogens is 2. The number of fused-ring (bicyclic) bond motifs is 1. The van der Waals surface area contributed by atoms with E-state index in [9.17, 15) is 9.59 Å². The highest BCUT2D eigenvalue weighted by molar-refractivity contribution is 5.96. The fourth-order valence-corrected chi connectivity index (χ4v) is 3.34. The lowest BCUT2D eigenvalue weighted by atomic mass is 10.2. The van der Waals surface area contributed by atoms with Crippen LogP contribution in [-0.4, -0.2) is 52.9 Å². The molecule has 1 aliphatic heterocycles. The van der Waals surface area contributed by atoms with Crippen molar-refractivity contribution in [2.45, 2.75) is 33.4 Å². The first kappa shape index (κ1) is 20.1. The summed E-state index contributed by atoms with van der Waals surface area (Å²) >= 11 is 0. The normalized spacial score (nSPS) is 14.4. The van der Waals surface area contributed by atoms with Crippen LogP contribution in [0.5, 0.6) is 0 Å². The summed E-state index contributed by atoms with van der Waals surface area (Å²) in [4.78, 5) is 31.7. The fourth-order valence-electron chi connectivity index (χ4n) is 3.34. The van der Waals surface area contributed by atoms with Gasteiger partial charge in [-0.3, -0.25) is 9.59 Å². The van der Waals surface area contributed by atoms with E-state index in [0.717, 1.165) is 36.6 Å². The molecule has 0 saturated carbocycles. The highest BCUT2D eigenvalue weighted by Crippen LogP contribution is 2.25. The lowest BCUT2D eigenvalue weighted by Crippen LogP contribution is -2.38. The molecule has 0 saturated heterocycles. The van der Waals surface area contributed by atoms with Crippen LogP contribution in [0.25, 0.3) is 11.4 Å². The largest absolute Gasteiger partial charge is 0.354 e. The van der Waals surface area contributed by atoms with Gasteiger partial charge < -0.3 is 20.1 Å². The maximum absolute atomic E-state index is 12.8. The lowest BCUT2D eigenvalue weighted by Gasteiger charge is -2.13. The zero-order chi connectivity index (χ0) is 20.1. The van der Waals surface area contributed by atoms with Gasteiger partial charge >= 0.3 is 0 Å². The van der Waals surface area contributed by atoms with Gasteiger partial charge in [-0.05, 0) is 25.9 Å². The lowest BCUT2D eigenvalue weighted by molar-refractivity contribution is -0.120. The predicted octanol–water partition coefficient (Wildman–Crippen LogP) is 1.89. The van der Waals surface area contributed by atoms with Gasteiger partial charge in [0, 0.05) is 25.2 Å². The molecule has 0 fully saturated rings. The fraction of sp³-hybridized carbons (Fsp3) is 0.476. The number of nitrogens with zero attached hydrogens (tertiary/aromatic N) is 3. The van der Waals surface area contributed by atoms with Crippen molar-refractivity contribution >= 4 is 11.8 Å². The van der Waals surface area contributed by atoms with Gasteiger partial charge in [0.15, 0.2) is 5.69 Å². The SMILES string of the molecule is CC(C)CNC(=O)CNC(=O)c1nc(-c2ccccc2)n2c1CN(C)CCC2. The third kappa shape index (κ3) is 4.78. The third-order valence-electron chi connectivity index (χ3n) is 4.78. The molecule has 7 nitrogen and oxygen atoms in total. The van der Waals surface area contributed by atoms with Gasteiger partial charge in [-0.1, -0.05) is 44.2 Å². The van der Waals surface area contributed by atoms with Gasteiger partial charge in [0.1, 0.15) is 5.82 Å². The van der Waals surface area contributed by atoms with Crippen molar-refractivity contribution in [3.63, 3.8) is 0 Å². The van der Waals surface area contributed by atoms with Crippen LogP contribution in [0.2, 0.25) is 0 Å². The molecule has 0 atom stereocenters. The molecule has 7 heteroatoms. The summed E-state index contributed by atoms with van der Waals surface area (Å²) in [5.41, 5.74) is 2.30. The van der Waals surface area contributed by atoms with Crippen LogP contribution in [0.15, 0.2) is 30.3 Å². The predicted molar refractivity (Wildman–Crippen MR) is 109 cm³/mol.